The Kier molecular flexibility index (Phi) is 4.56. The molecule has 4 nitrogen and oxygen atoms in total. The summed E-state index contributed by atoms with van der Waals surface area (Å²) in [5.41, 5.74) is 2.72. The number of carbonyl (C=O) groups is 1. The lowest BCUT2D eigenvalue weighted by Crippen LogP contribution is -2.04. The average Bonchev–Trinajstić information content (AvgIpc) is 3.04. The zero-order chi connectivity index (χ0) is 17.1. The van der Waals surface area contributed by atoms with E-state index in [-0.39, 0.29) is 17.3 Å². The number of aromatic hydroxyl groups is 1. The predicted molar refractivity (Wildman–Crippen MR) is 92.9 cm³/mol. The summed E-state index contributed by atoms with van der Waals surface area (Å²) in [7, 11) is 0. The minimum Gasteiger partial charge on any atom is -0.504 e. The summed E-state index contributed by atoms with van der Waals surface area (Å²) in [5, 5.41) is 11.3. The van der Waals surface area contributed by atoms with Crippen molar-refractivity contribution < 1.29 is 19.1 Å². The lowest BCUT2D eigenvalue weighted by molar-refractivity contribution is 0.101. The molecule has 0 amide bonds. The molecule has 0 aliphatic heterocycles. The molecule has 0 atom stereocenters. The monoisotopic (exact) mass is 324 g/mol. The number of rotatable bonds is 6. The lowest BCUT2D eigenvalue weighted by Gasteiger charge is -2.13. The quantitative estimate of drug-likeness (QED) is 0.529. The summed E-state index contributed by atoms with van der Waals surface area (Å²) in [4.78, 5) is 11.9. The van der Waals surface area contributed by atoms with Crippen LogP contribution in [-0.2, 0) is 6.42 Å². The van der Waals surface area contributed by atoms with Gasteiger partial charge in [0.15, 0.2) is 17.1 Å². The zero-order valence-electron chi connectivity index (χ0n) is 13.8. The molecule has 0 spiro atoms. The van der Waals surface area contributed by atoms with Crippen LogP contribution in [0.5, 0.6) is 11.5 Å². The Bertz CT molecular complexity index is 862. The molecule has 1 heterocycles. The normalized spacial score (nSPS) is 10.9. The van der Waals surface area contributed by atoms with Crippen LogP contribution in [0.25, 0.3) is 11.0 Å². The molecule has 0 saturated heterocycles. The van der Waals surface area contributed by atoms with Crippen molar-refractivity contribution in [3.8, 4) is 11.5 Å². The Hall–Kier alpha value is -2.75. The van der Waals surface area contributed by atoms with Gasteiger partial charge in [-0.05, 0) is 43.9 Å². The Labute approximate surface area is 140 Å². The van der Waals surface area contributed by atoms with Gasteiger partial charge >= 0.3 is 0 Å². The second kappa shape index (κ2) is 6.79. The molecule has 0 saturated carbocycles. The summed E-state index contributed by atoms with van der Waals surface area (Å²) >= 11 is 0. The van der Waals surface area contributed by atoms with Gasteiger partial charge in [0.25, 0.3) is 0 Å². The fourth-order valence-electron chi connectivity index (χ4n) is 2.97. The summed E-state index contributed by atoms with van der Waals surface area (Å²) < 4.78 is 11.2. The van der Waals surface area contributed by atoms with Crippen LogP contribution in [0.1, 0.15) is 34.8 Å². The number of fused-ring (bicyclic) bond motifs is 1. The number of carbonyl (C=O) groups excluding carboxylic acids is 1. The number of hydrogen-bond donors (Lipinski definition) is 1. The number of benzene rings is 2. The van der Waals surface area contributed by atoms with E-state index >= 15 is 0 Å². The Balaban J connectivity index is 1.81. The first-order chi connectivity index (χ1) is 11.6. The number of ether oxygens (including phenoxy) is 1. The van der Waals surface area contributed by atoms with Gasteiger partial charge in [-0.1, -0.05) is 30.3 Å². The molecule has 0 aliphatic carbocycles. The van der Waals surface area contributed by atoms with E-state index in [0.29, 0.717) is 23.3 Å². The zero-order valence-corrected chi connectivity index (χ0v) is 13.8. The molecule has 1 aromatic heterocycles. The molecule has 0 fully saturated rings. The van der Waals surface area contributed by atoms with Crippen molar-refractivity contribution in [1.82, 2.24) is 0 Å². The van der Waals surface area contributed by atoms with E-state index in [0.717, 1.165) is 18.2 Å². The van der Waals surface area contributed by atoms with Gasteiger partial charge in [0.2, 0.25) is 5.75 Å². The second-order valence-electron chi connectivity index (χ2n) is 5.83. The van der Waals surface area contributed by atoms with E-state index in [2.05, 4.69) is 12.1 Å². The number of aryl methyl sites for hydroxylation is 2. The number of phenols is 1. The van der Waals surface area contributed by atoms with Crippen LogP contribution in [0.15, 0.2) is 47.1 Å². The maximum Gasteiger partial charge on any atom is 0.205 e. The van der Waals surface area contributed by atoms with Crippen LogP contribution >= 0.6 is 0 Å². The van der Waals surface area contributed by atoms with Crippen LogP contribution in [0.2, 0.25) is 0 Å². The van der Waals surface area contributed by atoms with Crippen LogP contribution in [-0.4, -0.2) is 17.5 Å². The number of hydrogen-bond acceptors (Lipinski definition) is 4. The molecule has 4 heteroatoms. The summed E-state index contributed by atoms with van der Waals surface area (Å²) in [5.74, 6) is -0.0803. The molecule has 0 aliphatic rings. The van der Waals surface area contributed by atoms with E-state index in [4.69, 9.17) is 9.15 Å². The molecular weight excluding hydrogens is 304 g/mol. The minimum absolute atomic E-state index is 0.137. The number of Topliss-reactive ketones (excluding diaryl/α,β-unsaturated/α-hetero) is 1. The molecule has 0 bridgehead atoms. The third-order valence-corrected chi connectivity index (χ3v) is 4.15. The Morgan fingerprint density at radius 1 is 1.21 bits per heavy atom. The molecule has 2 aromatic carbocycles. The van der Waals surface area contributed by atoms with Gasteiger partial charge in [-0.15, -0.1) is 0 Å². The van der Waals surface area contributed by atoms with E-state index in [1.54, 1.807) is 13.0 Å². The molecule has 24 heavy (non-hydrogen) atoms. The van der Waals surface area contributed by atoms with Gasteiger partial charge in [0, 0.05) is 5.39 Å². The number of furan rings is 1. The van der Waals surface area contributed by atoms with Crippen molar-refractivity contribution in [1.29, 1.82) is 0 Å². The van der Waals surface area contributed by atoms with Gasteiger partial charge in [0.05, 0.1) is 18.4 Å². The molecule has 3 aromatic rings. The fourth-order valence-corrected chi connectivity index (χ4v) is 2.97. The van der Waals surface area contributed by atoms with Crippen LogP contribution in [0.3, 0.4) is 0 Å². The first-order valence-corrected chi connectivity index (χ1v) is 8.00. The highest BCUT2D eigenvalue weighted by Crippen LogP contribution is 2.41. The van der Waals surface area contributed by atoms with Crippen LogP contribution in [0.4, 0.5) is 0 Å². The first-order valence-electron chi connectivity index (χ1n) is 8.00. The largest absolute Gasteiger partial charge is 0.504 e. The van der Waals surface area contributed by atoms with Crippen molar-refractivity contribution in [3.63, 3.8) is 0 Å². The Morgan fingerprint density at radius 3 is 2.67 bits per heavy atom. The van der Waals surface area contributed by atoms with Gasteiger partial charge in [-0.3, -0.25) is 4.79 Å². The molecule has 0 radical (unpaired) electrons. The summed E-state index contributed by atoms with van der Waals surface area (Å²) in [6.07, 6.45) is 3.22. The molecular formula is C20H20O4. The highest BCUT2D eigenvalue weighted by Gasteiger charge is 2.22. The average molecular weight is 324 g/mol. The first kappa shape index (κ1) is 16.1. The third-order valence-electron chi connectivity index (χ3n) is 4.15. The lowest BCUT2D eigenvalue weighted by atomic mass is 10.00. The fraction of sp³-hybridized carbons (Fsp3) is 0.250. The van der Waals surface area contributed by atoms with Crippen molar-refractivity contribution in [2.75, 3.05) is 6.61 Å². The standard InChI is InChI=1S/C20H20O4/c1-13-16-10-12-24-19(16)20(18(22)17(13)14(2)21)23-11-6-9-15-7-4-3-5-8-15/h3-5,7-8,10,12,22H,6,9,11H2,1-2H3. The Morgan fingerprint density at radius 2 is 1.96 bits per heavy atom. The maximum absolute atomic E-state index is 11.9. The molecule has 124 valence electrons. The summed E-state index contributed by atoms with van der Waals surface area (Å²) in [6, 6.07) is 11.9. The van der Waals surface area contributed by atoms with Crippen molar-refractivity contribution in [3.05, 3.63) is 59.4 Å². The topological polar surface area (TPSA) is 59.7 Å². The smallest absolute Gasteiger partial charge is 0.205 e. The van der Waals surface area contributed by atoms with Crippen molar-refractivity contribution in [2.45, 2.75) is 26.7 Å². The summed E-state index contributed by atoms with van der Waals surface area (Å²) in [6.45, 7) is 3.67. The van der Waals surface area contributed by atoms with E-state index in [1.807, 2.05) is 18.2 Å². The molecule has 1 N–H and O–H groups in total. The third kappa shape index (κ3) is 3.00. The molecule has 0 unspecified atom stereocenters. The number of phenolic OH excluding ortho intramolecular Hbond substituents is 1. The van der Waals surface area contributed by atoms with E-state index < -0.39 is 0 Å². The van der Waals surface area contributed by atoms with Crippen molar-refractivity contribution in [2.24, 2.45) is 0 Å². The number of ketones is 1. The van der Waals surface area contributed by atoms with Gasteiger partial charge < -0.3 is 14.3 Å². The van der Waals surface area contributed by atoms with Gasteiger partial charge in [-0.25, -0.2) is 0 Å². The SMILES string of the molecule is CC(=O)c1c(O)c(OCCCc2ccccc2)c2occc2c1C. The van der Waals surface area contributed by atoms with E-state index in [1.165, 1.54) is 18.8 Å². The van der Waals surface area contributed by atoms with Crippen molar-refractivity contribution >= 4 is 16.8 Å². The minimum atomic E-state index is -0.192. The van der Waals surface area contributed by atoms with E-state index in [9.17, 15) is 9.90 Å². The van der Waals surface area contributed by atoms with Crippen LogP contribution < -0.4 is 4.74 Å². The second-order valence-corrected chi connectivity index (χ2v) is 5.83. The highest BCUT2D eigenvalue weighted by atomic mass is 16.5. The maximum atomic E-state index is 11.9. The molecule has 3 rings (SSSR count). The van der Waals surface area contributed by atoms with Gasteiger partial charge in [0.1, 0.15) is 0 Å². The van der Waals surface area contributed by atoms with Gasteiger partial charge in [-0.2, -0.15) is 0 Å². The van der Waals surface area contributed by atoms with Crippen LogP contribution in [0, 0.1) is 6.92 Å². The predicted octanol–water partition coefficient (Wildman–Crippen LogP) is 4.66. The highest BCUT2D eigenvalue weighted by molar-refractivity contribution is 6.05.